The van der Waals surface area contributed by atoms with Gasteiger partial charge in [0.05, 0.1) is 18.9 Å². The average Bonchev–Trinajstić information content (AvgIpc) is 3.51. The quantitative estimate of drug-likeness (QED) is 0.421. The normalized spacial score (nSPS) is 15.3. The van der Waals surface area contributed by atoms with E-state index in [1.807, 2.05) is 56.5 Å². The highest BCUT2D eigenvalue weighted by molar-refractivity contribution is 7.14. The smallest absolute Gasteiger partial charge is 0.272 e. The summed E-state index contributed by atoms with van der Waals surface area (Å²) in [6.45, 7) is 8.34. The standard InChI is InChI=1S/C26H29N5O4S/c1-5-7-17-8-9-18(12-19(17)16(3)32)22-13-36-25(28-22)29-23(33)20(6-2)27-24(34)21-10-11-31(30-21)26(4)14-35-15-26/h5,7-13,20H,6,14-15H2,1-4H3,(H,27,34)(H,28,29,33)/b7-5-. The number of nitrogens with zero attached hydrogens (tertiary/aromatic N) is 3. The van der Waals surface area contributed by atoms with Crippen LogP contribution in [0.1, 0.15) is 60.5 Å². The van der Waals surface area contributed by atoms with Gasteiger partial charge >= 0.3 is 0 Å². The number of allylic oxidation sites excluding steroid dienone is 1. The van der Waals surface area contributed by atoms with Gasteiger partial charge in [-0.1, -0.05) is 31.2 Å². The molecule has 0 aliphatic carbocycles. The predicted molar refractivity (Wildman–Crippen MR) is 139 cm³/mol. The van der Waals surface area contributed by atoms with Gasteiger partial charge in [0.2, 0.25) is 5.91 Å². The molecule has 0 radical (unpaired) electrons. The van der Waals surface area contributed by atoms with Gasteiger partial charge in [0, 0.05) is 22.7 Å². The van der Waals surface area contributed by atoms with Crippen molar-refractivity contribution in [2.75, 3.05) is 18.5 Å². The maximum absolute atomic E-state index is 12.9. The number of anilines is 1. The summed E-state index contributed by atoms with van der Waals surface area (Å²) in [4.78, 5) is 42.2. The molecule has 2 aromatic heterocycles. The van der Waals surface area contributed by atoms with Crippen molar-refractivity contribution in [2.45, 2.75) is 45.7 Å². The van der Waals surface area contributed by atoms with Crippen LogP contribution in [0.5, 0.6) is 0 Å². The number of aromatic nitrogens is 3. The number of carbonyl (C=O) groups excluding carboxylic acids is 3. The Bertz CT molecular complexity index is 1320. The summed E-state index contributed by atoms with van der Waals surface area (Å²) >= 11 is 1.28. The Balaban J connectivity index is 1.42. The fourth-order valence-electron chi connectivity index (χ4n) is 3.86. The molecular weight excluding hydrogens is 478 g/mol. The highest BCUT2D eigenvalue weighted by Crippen LogP contribution is 2.28. The van der Waals surface area contributed by atoms with Crippen LogP contribution in [0.15, 0.2) is 41.9 Å². The van der Waals surface area contributed by atoms with E-state index in [4.69, 9.17) is 4.74 Å². The molecule has 3 heterocycles. The molecule has 1 saturated heterocycles. The monoisotopic (exact) mass is 507 g/mol. The lowest BCUT2D eigenvalue weighted by Crippen LogP contribution is -2.49. The van der Waals surface area contributed by atoms with Crippen molar-refractivity contribution in [3.63, 3.8) is 0 Å². The number of ether oxygens (including phenoxy) is 1. The number of carbonyl (C=O) groups is 3. The molecule has 1 fully saturated rings. The minimum atomic E-state index is -0.748. The van der Waals surface area contributed by atoms with Gasteiger partial charge in [-0.2, -0.15) is 5.10 Å². The molecule has 1 aliphatic heterocycles. The Morgan fingerprint density at radius 2 is 2.06 bits per heavy atom. The van der Waals surface area contributed by atoms with E-state index in [0.29, 0.717) is 36.0 Å². The van der Waals surface area contributed by atoms with Crippen LogP contribution in [-0.4, -0.2) is 51.6 Å². The van der Waals surface area contributed by atoms with E-state index in [1.54, 1.807) is 16.9 Å². The Hall–Kier alpha value is -3.63. The molecule has 3 aromatic rings. The molecule has 9 nitrogen and oxygen atoms in total. The Labute approximate surface area is 213 Å². The van der Waals surface area contributed by atoms with E-state index >= 15 is 0 Å². The summed E-state index contributed by atoms with van der Waals surface area (Å²) < 4.78 is 6.98. The van der Waals surface area contributed by atoms with Gasteiger partial charge < -0.3 is 15.4 Å². The minimum Gasteiger partial charge on any atom is -0.376 e. The zero-order valence-electron chi connectivity index (χ0n) is 20.7. The van der Waals surface area contributed by atoms with Crippen molar-refractivity contribution in [3.05, 3.63) is 58.7 Å². The molecule has 36 heavy (non-hydrogen) atoms. The first-order chi connectivity index (χ1) is 17.2. The molecule has 10 heteroatoms. The van der Waals surface area contributed by atoms with Gasteiger partial charge in [-0.3, -0.25) is 19.1 Å². The van der Waals surface area contributed by atoms with Crippen molar-refractivity contribution in [2.24, 2.45) is 0 Å². The van der Waals surface area contributed by atoms with Gasteiger partial charge in [0.1, 0.15) is 17.3 Å². The first-order valence-electron chi connectivity index (χ1n) is 11.7. The highest BCUT2D eigenvalue weighted by Gasteiger charge is 2.36. The Morgan fingerprint density at radius 3 is 2.69 bits per heavy atom. The molecule has 1 aromatic carbocycles. The lowest BCUT2D eigenvalue weighted by atomic mass is 9.99. The van der Waals surface area contributed by atoms with Crippen molar-refractivity contribution in [1.29, 1.82) is 0 Å². The van der Waals surface area contributed by atoms with Gasteiger partial charge in [0.15, 0.2) is 10.9 Å². The second kappa shape index (κ2) is 10.5. The summed E-state index contributed by atoms with van der Waals surface area (Å²) in [5.41, 5.74) is 2.89. The van der Waals surface area contributed by atoms with Crippen LogP contribution in [0.2, 0.25) is 0 Å². The van der Waals surface area contributed by atoms with E-state index in [2.05, 4.69) is 20.7 Å². The molecule has 0 bridgehead atoms. The second-order valence-corrected chi connectivity index (χ2v) is 9.81. The van der Waals surface area contributed by atoms with E-state index < -0.39 is 11.9 Å². The second-order valence-electron chi connectivity index (χ2n) is 8.95. The molecule has 2 amide bonds. The molecule has 188 valence electrons. The van der Waals surface area contributed by atoms with Crippen LogP contribution in [0.25, 0.3) is 17.3 Å². The molecule has 4 rings (SSSR count). The summed E-state index contributed by atoms with van der Waals surface area (Å²) in [5.74, 6) is -0.814. The van der Waals surface area contributed by atoms with E-state index in [0.717, 1.165) is 11.1 Å². The first kappa shape index (κ1) is 25.5. The van der Waals surface area contributed by atoms with E-state index in [1.165, 1.54) is 18.3 Å². The summed E-state index contributed by atoms with van der Waals surface area (Å²) in [7, 11) is 0. The van der Waals surface area contributed by atoms with Crippen molar-refractivity contribution < 1.29 is 19.1 Å². The lowest BCUT2D eigenvalue weighted by Gasteiger charge is -2.38. The number of hydrogen-bond donors (Lipinski definition) is 2. The number of hydrogen-bond acceptors (Lipinski definition) is 7. The topological polar surface area (TPSA) is 115 Å². The van der Waals surface area contributed by atoms with Crippen LogP contribution in [0.3, 0.4) is 0 Å². The predicted octanol–water partition coefficient (Wildman–Crippen LogP) is 4.13. The molecular formula is C26H29N5O4S. The van der Waals surface area contributed by atoms with Crippen LogP contribution in [0, 0.1) is 0 Å². The van der Waals surface area contributed by atoms with Crippen LogP contribution in [0.4, 0.5) is 5.13 Å². The van der Waals surface area contributed by atoms with E-state index in [-0.39, 0.29) is 22.9 Å². The molecule has 1 unspecified atom stereocenters. The third-order valence-electron chi connectivity index (χ3n) is 6.04. The third-order valence-corrected chi connectivity index (χ3v) is 6.80. The van der Waals surface area contributed by atoms with Gasteiger partial charge in [-0.05, 0) is 44.9 Å². The van der Waals surface area contributed by atoms with Gasteiger partial charge in [0.25, 0.3) is 5.91 Å². The molecule has 0 spiro atoms. The zero-order valence-corrected chi connectivity index (χ0v) is 21.5. The number of ketones is 1. The average molecular weight is 508 g/mol. The highest BCUT2D eigenvalue weighted by atomic mass is 32.1. The number of nitrogens with one attached hydrogen (secondary N) is 2. The third kappa shape index (κ3) is 5.29. The van der Waals surface area contributed by atoms with Crippen LogP contribution < -0.4 is 10.6 Å². The number of amides is 2. The SMILES string of the molecule is C/C=C\c1ccc(-c2csc(NC(=O)C(CC)NC(=O)c3ccn(C4(C)COC4)n3)n2)cc1C(C)=O. The molecule has 2 N–H and O–H groups in total. The van der Waals surface area contributed by atoms with E-state index in [9.17, 15) is 14.4 Å². The number of thiazole rings is 1. The maximum Gasteiger partial charge on any atom is 0.272 e. The first-order valence-corrected chi connectivity index (χ1v) is 12.6. The summed E-state index contributed by atoms with van der Waals surface area (Å²) in [5, 5.41) is 12.1. The van der Waals surface area contributed by atoms with Crippen LogP contribution >= 0.6 is 11.3 Å². The van der Waals surface area contributed by atoms with Gasteiger partial charge in [-0.25, -0.2) is 4.98 Å². The number of rotatable bonds is 9. The maximum atomic E-state index is 12.9. The van der Waals surface area contributed by atoms with Crippen LogP contribution in [-0.2, 0) is 15.1 Å². The summed E-state index contributed by atoms with van der Waals surface area (Å²) in [6, 6.07) is 6.47. The van der Waals surface area contributed by atoms with Crippen molar-refractivity contribution in [1.82, 2.24) is 20.1 Å². The number of Topliss-reactive ketones (excluding diaryl/α,β-unsaturated/α-hetero) is 1. The van der Waals surface area contributed by atoms with Crippen molar-refractivity contribution in [3.8, 4) is 11.3 Å². The Morgan fingerprint density at radius 1 is 1.28 bits per heavy atom. The minimum absolute atomic E-state index is 0.0322. The van der Waals surface area contributed by atoms with Gasteiger partial charge in [-0.15, -0.1) is 11.3 Å². The molecule has 1 atom stereocenters. The number of benzene rings is 1. The molecule has 1 aliphatic rings. The fourth-order valence-corrected chi connectivity index (χ4v) is 4.58. The largest absolute Gasteiger partial charge is 0.376 e. The van der Waals surface area contributed by atoms with Crippen molar-refractivity contribution >= 4 is 40.1 Å². The lowest BCUT2D eigenvalue weighted by molar-refractivity contribution is -0.118. The molecule has 0 saturated carbocycles. The summed E-state index contributed by atoms with van der Waals surface area (Å²) in [6.07, 6.45) is 5.92. The Kier molecular flexibility index (Phi) is 7.46. The fraction of sp³-hybridized carbons (Fsp3) is 0.346. The zero-order chi connectivity index (χ0) is 25.9.